The SMILES string of the molecule is O=C([C@@H]1CCCN(c2ncccn2)C1)N1CCN(c2cccc(Cl)c2)CC1. The highest BCUT2D eigenvalue weighted by Crippen LogP contribution is 2.24. The van der Waals surface area contributed by atoms with E-state index >= 15 is 0 Å². The fourth-order valence-corrected chi connectivity index (χ4v) is 4.12. The molecule has 142 valence electrons. The van der Waals surface area contributed by atoms with Crippen LogP contribution in [0.25, 0.3) is 0 Å². The summed E-state index contributed by atoms with van der Waals surface area (Å²) >= 11 is 6.10. The average Bonchev–Trinajstić information content (AvgIpc) is 2.74. The standard InChI is InChI=1S/C20H24ClN5O/c21-17-5-1-6-18(14-17)24-10-12-25(13-11-24)19(27)16-4-2-9-26(15-16)20-22-7-3-8-23-20/h1,3,5-8,14,16H,2,4,9-13,15H2/t16-/m1/s1. The van der Waals surface area contributed by atoms with Crippen molar-refractivity contribution in [3.05, 3.63) is 47.7 Å². The molecule has 0 saturated carbocycles. The predicted molar refractivity (Wildman–Crippen MR) is 107 cm³/mol. The Morgan fingerprint density at radius 2 is 1.78 bits per heavy atom. The van der Waals surface area contributed by atoms with Gasteiger partial charge in [-0.05, 0) is 37.1 Å². The zero-order valence-electron chi connectivity index (χ0n) is 15.3. The van der Waals surface area contributed by atoms with Gasteiger partial charge in [0.2, 0.25) is 11.9 Å². The molecule has 7 heteroatoms. The topological polar surface area (TPSA) is 52.6 Å². The highest BCUT2D eigenvalue weighted by Gasteiger charge is 2.31. The lowest BCUT2D eigenvalue weighted by molar-refractivity contribution is -0.136. The predicted octanol–water partition coefficient (Wildman–Crippen LogP) is 2.70. The molecule has 6 nitrogen and oxygen atoms in total. The van der Waals surface area contributed by atoms with E-state index in [-0.39, 0.29) is 11.8 Å². The maximum Gasteiger partial charge on any atom is 0.227 e. The van der Waals surface area contributed by atoms with E-state index < -0.39 is 0 Å². The lowest BCUT2D eigenvalue weighted by atomic mass is 9.96. The van der Waals surface area contributed by atoms with Crippen LogP contribution in [0.2, 0.25) is 5.02 Å². The van der Waals surface area contributed by atoms with Crippen LogP contribution < -0.4 is 9.80 Å². The molecule has 27 heavy (non-hydrogen) atoms. The molecule has 0 bridgehead atoms. The van der Waals surface area contributed by atoms with Crippen LogP contribution in [0, 0.1) is 5.92 Å². The van der Waals surface area contributed by atoms with Crippen LogP contribution in [-0.2, 0) is 4.79 Å². The first-order valence-corrected chi connectivity index (χ1v) is 9.90. The third kappa shape index (κ3) is 4.16. The molecule has 1 atom stereocenters. The van der Waals surface area contributed by atoms with Crippen LogP contribution in [-0.4, -0.2) is 60.0 Å². The number of anilines is 2. The smallest absolute Gasteiger partial charge is 0.227 e. The molecule has 0 aliphatic carbocycles. The normalized spacial score (nSPS) is 20.6. The van der Waals surface area contributed by atoms with E-state index in [2.05, 4.69) is 25.8 Å². The van der Waals surface area contributed by atoms with Gasteiger partial charge in [-0.25, -0.2) is 9.97 Å². The molecule has 4 rings (SSSR count). The van der Waals surface area contributed by atoms with Crippen molar-refractivity contribution >= 4 is 29.1 Å². The molecule has 2 aliphatic heterocycles. The van der Waals surface area contributed by atoms with Gasteiger partial charge in [-0.2, -0.15) is 0 Å². The molecular weight excluding hydrogens is 362 g/mol. The van der Waals surface area contributed by atoms with Crippen molar-refractivity contribution in [1.82, 2.24) is 14.9 Å². The fourth-order valence-electron chi connectivity index (χ4n) is 3.93. The lowest BCUT2D eigenvalue weighted by Gasteiger charge is -2.39. The summed E-state index contributed by atoms with van der Waals surface area (Å²) in [6.07, 6.45) is 5.44. The Morgan fingerprint density at radius 1 is 1.00 bits per heavy atom. The van der Waals surface area contributed by atoms with E-state index in [1.807, 2.05) is 29.2 Å². The van der Waals surface area contributed by atoms with Crippen molar-refractivity contribution in [2.75, 3.05) is 49.1 Å². The highest BCUT2D eigenvalue weighted by atomic mass is 35.5. The molecule has 2 aromatic rings. The van der Waals surface area contributed by atoms with Gasteiger partial charge >= 0.3 is 0 Å². The van der Waals surface area contributed by atoms with Gasteiger partial charge in [0.15, 0.2) is 0 Å². The molecule has 0 spiro atoms. The Balaban J connectivity index is 1.35. The van der Waals surface area contributed by atoms with Crippen LogP contribution in [0.15, 0.2) is 42.7 Å². The number of amides is 1. The number of carbonyl (C=O) groups excluding carboxylic acids is 1. The highest BCUT2D eigenvalue weighted by molar-refractivity contribution is 6.30. The summed E-state index contributed by atoms with van der Waals surface area (Å²) in [5, 5.41) is 0.747. The summed E-state index contributed by atoms with van der Waals surface area (Å²) in [7, 11) is 0. The monoisotopic (exact) mass is 385 g/mol. The second kappa shape index (κ2) is 8.13. The number of piperidine rings is 1. The van der Waals surface area contributed by atoms with Crippen LogP contribution in [0.5, 0.6) is 0 Å². The number of carbonyl (C=O) groups is 1. The van der Waals surface area contributed by atoms with E-state index in [0.29, 0.717) is 6.54 Å². The zero-order valence-corrected chi connectivity index (χ0v) is 16.1. The second-order valence-corrected chi connectivity index (χ2v) is 7.56. The molecular formula is C20H24ClN5O. The number of nitrogens with zero attached hydrogens (tertiary/aromatic N) is 5. The van der Waals surface area contributed by atoms with E-state index in [4.69, 9.17) is 11.6 Å². The van der Waals surface area contributed by atoms with Crippen molar-refractivity contribution < 1.29 is 4.79 Å². The third-order valence-electron chi connectivity index (χ3n) is 5.37. The first-order valence-electron chi connectivity index (χ1n) is 9.52. The molecule has 1 amide bonds. The average molecular weight is 386 g/mol. The zero-order chi connectivity index (χ0) is 18.6. The number of benzene rings is 1. The van der Waals surface area contributed by atoms with E-state index in [1.54, 1.807) is 12.4 Å². The number of aromatic nitrogens is 2. The van der Waals surface area contributed by atoms with Crippen molar-refractivity contribution in [2.24, 2.45) is 5.92 Å². The number of rotatable bonds is 3. The molecule has 0 unspecified atom stereocenters. The Labute approximate surface area is 164 Å². The van der Waals surface area contributed by atoms with Gasteiger partial charge in [-0.1, -0.05) is 17.7 Å². The quantitative estimate of drug-likeness (QED) is 0.813. The van der Waals surface area contributed by atoms with Crippen molar-refractivity contribution in [1.29, 1.82) is 0 Å². The molecule has 3 heterocycles. The number of halogens is 1. The molecule has 0 N–H and O–H groups in total. The van der Waals surface area contributed by atoms with Crippen molar-refractivity contribution in [3.8, 4) is 0 Å². The number of hydrogen-bond donors (Lipinski definition) is 0. The van der Waals surface area contributed by atoms with Crippen LogP contribution in [0.4, 0.5) is 11.6 Å². The van der Waals surface area contributed by atoms with Crippen LogP contribution in [0.1, 0.15) is 12.8 Å². The number of piperazine rings is 1. The fraction of sp³-hybridized carbons (Fsp3) is 0.450. The summed E-state index contributed by atoms with van der Waals surface area (Å²) < 4.78 is 0. The van der Waals surface area contributed by atoms with Gasteiger partial charge in [-0.3, -0.25) is 4.79 Å². The van der Waals surface area contributed by atoms with Crippen LogP contribution in [0.3, 0.4) is 0 Å². The Kier molecular flexibility index (Phi) is 5.43. The van der Waals surface area contributed by atoms with E-state index in [1.165, 1.54) is 0 Å². The maximum atomic E-state index is 13.0. The van der Waals surface area contributed by atoms with Crippen LogP contribution >= 0.6 is 11.6 Å². The van der Waals surface area contributed by atoms with Crippen molar-refractivity contribution in [3.63, 3.8) is 0 Å². The second-order valence-electron chi connectivity index (χ2n) is 7.13. The van der Waals surface area contributed by atoms with Gasteiger partial charge in [0.25, 0.3) is 0 Å². The molecule has 1 aromatic carbocycles. The van der Waals surface area contributed by atoms with Gasteiger partial charge in [0.1, 0.15) is 0 Å². The molecule has 0 radical (unpaired) electrons. The summed E-state index contributed by atoms with van der Waals surface area (Å²) in [5.41, 5.74) is 1.12. The number of hydrogen-bond acceptors (Lipinski definition) is 5. The molecule has 1 aromatic heterocycles. The Bertz CT molecular complexity index is 779. The first kappa shape index (κ1) is 18.0. The van der Waals surface area contributed by atoms with Gasteiger partial charge in [0.05, 0.1) is 5.92 Å². The summed E-state index contributed by atoms with van der Waals surface area (Å²) in [6, 6.07) is 9.73. The van der Waals surface area contributed by atoms with Gasteiger partial charge in [0, 0.05) is 62.4 Å². The lowest BCUT2D eigenvalue weighted by Crippen LogP contribution is -2.52. The molecule has 2 fully saturated rings. The van der Waals surface area contributed by atoms with E-state index in [0.717, 1.165) is 62.2 Å². The van der Waals surface area contributed by atoms with Gasteiger partial charge in [-0.15, -0.1) is 0 Å². The minimum atomic E-state index is 0.0280. The van der Waals surface area contributed by atoms with Crippen molar-refractivity contribution in [2.45, 2.75) is 12.8 Å². The minimum Gasteiger partial charge on any atom is -0.368 e. The summed E-state index contributed by atoms with van der Waals surface area (Å²) in [5.74, 6) is 1.02. The van der Waals surface area contributed by atoms with E-state index in [9.17, 15) is 4.79 Å². The largest absolute Gasteiger partial charge is 0.368 e. The minimum absolute atomic E-state index is 0.0280. The third-order valence-corrected chi connectivity index (χ3v) is 5.61. The van der Waals surface area contributed by atoms with Gasteiger partial charge < -0.3 is 14.7 Å². The maximum absolute atomic E-state index is 13.0. The summed E-state index contributed by atoms with van der Waals surface area (Å²) in [6.45, 7) is 4.80. The Morgan fingerprint density at radius 3 is 2.52 bits per heavy atom. The molecule has 2 aliphatic rings. The Hall–Kier alpha value is -2.34. The summed E-state index contributed by atoms with van der Waals surface area (Å²) in [4.78, 5) is 28.2. The molecule has 2 saturated heterocycles. The first-order chi connectivity index (χ1) is 13.2.